The van der Waals surface area contributed by atoms with E-state index in [0.717, 1.165) is 48.4 Å². The Labute approximate surface area is 150 Å². The average molecular weight is 358 g/mol. The Morgan fingerprint density at radius 2 is 2.08 bits per heavy atom. The second kappa shape index (κ2) is 6.52. The van der Waals surface area contributed by atoms with Crippen molar-refractivity contribution in [2.24, 2.45) is 7.05 Å². The van der Waals surface area contributed by atoms with Gasteiger partial charge in [-0.25, -0.2) is 0 Å². The molecular weight excluding hydrogens is 338 g/mol. The number of carbonyl (C=O) groups excluding carboxylic acids is 1. The molecule has 7 heteroatoms. The molecule has 0 aliphatic carbocycles. The fourth-order valence-electron chi connectivity index (χ4n) is 3.52. The van der Waals surface area contributed by atoms with Crippen LogP contribution in [0, 0.1) is 0 Å². The van der Waals surface area contributed by atoms with Crippen LogP contribution in [0.5, 0.6) is 0 Å². The van der Waals surface area contributed by atoms with Crippen molar-refractivity contribution in [2.45, 2.75) is 38.8 Å². The van der Waals surface area contributed by atoms with Crippen LogP contribution in [0.15, 0.2) is 24.3 Å². The first kappa shape index (κ1) is 16.1. The lowest BCUT2D eigenvalue weighted by molar-refractivity contribution is 0.0942. The van der Waals surface area contributed by atoms with Gasteiger partial charge in [-0.1, -0.05) is 36.2 Å². The highest BCUT2D eigenvalue weighted by Crippen LogP contribution is 2.29. The molecule has 0 radical (unpaired) electrons. The second-order valence-electron chi connectivity index (χ2n) is 6.42. The lowest BCUT2D eigenvalue weighted by Crippen LogP contribution is -2.27. The number of aryl methyl sites for hydroxylation is 2. The molecule has 1 aliphatic rings. The van der Waals surface area contributed by atoms with Gasteiger partial charge in [0.25, 0.3) is 5.91 Å². The highest BCUT2D eigenvalue weighted by atomic mass is 35.5. The smallest absolute Gasteiger partial charge is 0.269 e. The number of hydrogen-bond acceptors (Lipinski definition) is 3. The van der Waals surface area contributed by atoms with Crippen LogP contribution in [0.2, 0.25) is 5.02 Å². The average Bonchev–Trinajstić information content (AvgIpc) is 3.01. The van der Waals surface area contributed by atoms with Crippen LogP contribution in [-0.2, 0) is 26.6 Å². The SMILES string of the molecule is Cn1c(C(=O)NCc2nnc3n2CCCCC3)c(Cl)c2ccccc21. The van der Waals surface area contributed by atoms with E-state index in [1.807, 2.05) is 35.9 Å². The minimum atomic E-state index is -0.199. The van der Waals surface area contributed by atoms with Gasteiger partial charge in [-0.05, 0) is 18.9 Å². The van der Waals surface area contributed by atoms with Gasteiger partial charge in [0.1, 0.15) is 11.5 Å². The van der Waals surface area contributed by atoms with Crippen LogP contribution in [-0.4, -0.2) is 25.2 Å². The van der Waals surface area contributed by atoms with Gasteiger partial charge in [0, 0.05) is 30.9 Å². The third-order valence-corrected chi connectivity index (χ3v) is 5.24. The van der Waals surface area contributed by atoms with Crippen LogP contribution in [0.1, 0.15) is 41.4 Å². The number of amides is 1. The molecule has 3 aromatic rings. The molecule has 6 nitrogen and oxygen atoms in total. The van der Waals surface area contributed by atoms with E-state index in [0.29, 0.717) is 17.3 Å². The summed E-state index contributed by atoms with van der Waals surface area (Å²) in [5.41, 5.74) is 1.41. The molecule has 1 aliphatic heterocycles. The number of carbonyl (C=O) groups is 1. The van der Waals surface area contributed by atoms with Gasteiger partial charge in [0.05, 0.1) is 11.6 Å². The minimum Gasteiger partial charge on any atom is -0.343 e. The summed E-state index contributed by atoms with van der Waals surface area (Å²) in [6, 6.07) is 7.73. The number of hydrogen-bond donors (Lipinski definition) is 1. The molecule has 3 heterocycles. The standard InChI is InChI=1S/C18H20ClN5O/c1-23-13-8-5-4-7-12(13)16(19)17(23)18(25)20-11-15-22-21-14-9-3-2-6-10-24(14)15/h4-5,7-8H,2-3,6,9-11H2,1H3,(H,20,25). The van der Waals surface area contributed by atoms with Crippen LogP contribution in [0.3, 0.4) is 0 Å². The number of rotatable bonds is 3. The van der Waals surface area contributed by atoms with Crippen molar-refractivity contribution in [2.75, 3.05) is 0 Å². The second-order valence-corrected chi connectivity index (χ2v) is 6.79. The molecule has 0 saturated carbocycles. The highest BCUT2D eigenvalue weighted by Gasteiger charge is 2.21. The van der Waals surface area contributed by atoms with Gasteiger partial charge in [-0.15, -0.1) is 10.2 Å². The van der Waals surface area contributed by atoms with E-state index in [1.165, 1.54) is 6.42 Å². The van der Waals surface area contributed by atoms with E-state index >= 15 is 0 Å². The first-order valence-electron chi connectivity index (χ1n) is 8.59. The maximum Gasteiger partial charge on any atom is 0.269 e. The van der Waals surface area contributed by atoms with Crippen molar-refractivity contribution in [3.05, 3.63) is 46.6 Å². The predicted molar refractivity (Wildman–Crippen MR) is 96.7 cm³/mol. The Bertz CT molecular complexity index is 903. The van der Waals surface area contributed by atoms with Gasteiger partial charge in [-0.2, -0.15) is 0 Å². The van der Waals surface area contributed by atoms with Gasteiger partial charge in [-0.3, -0.25) is 4.79 Å². The Balaban J connectivity index is 1.57. The van der Waals surface area contributed by atoms with E-state index in [9.17, 15) is 4.79 Å². The molecule has 1 aromatic carbocycles. The van der Waals surface area contributed by atoms with Crippen molar-refractivity contribution in [3.8, 4) is 0 Å². The molecule has 0 unspecified atom stereocenters. The summed E-state index contributed by atoms with van der Waals surface area (Å²) >= 11 is 6.44. The molecule has 0 spiro atoms. The number of halogens is 1. The molecule has 0 saturated heterocycles. The van der Waals surface area contributed by atoms with Crippen molar-refractivity contribution >= 4 is 28.4 Å². The number of nitrogens with zero attached hydrogens (tertiary/aromatic N) is 4. The summed E-state index contributed by atoms with van der Waals surface area (Å²) in [7, 11) is 1.85. The van der Waals surface area contributed by atoms with Crippen molar-refractivity contribution in [3.63, 3.8) is 0 Å². The summed E-state index contributed by atoms with van der Waals surface area (Å²) < 4.78 is 3.97. The molecule has 0 bridgehead atoms. The Morgan fingerprint density at radius 1 is 1.24 bits per heavy atom. The van der Waals surface area contributed by atoms with Gasteiger partial charge in [0.2, 0.25) is 0 Å². The quantitative estimate of drug-likeness (QED) is 0.783. The van der Waals surface area contributed by atoms with Crippen LogP contribution >= 0.6 is 11.6 Å². The molecule has 0 atom stereocenters. The number of aromatic nitrogens is 4. The Morgan fingerprint density at radius 3 is 2.92 bits per heavy atom. The third kappa shape index (κ3) is 2.80. The van der Waals surface area contributed by atoms with Gasteiger partial charge < -0.3 is 14.5 Å². The summed E-state index contributed by atoms with van der Waals surface area (Å²) in [4.78, 5) is 12.7. The fraction of sp³-hybridized carbons (Fsp3) is 0.389. The lowest BCUT2D eigenvalue weighted by atomic mass is 10.2. The van der Waals surface area contributed by atoms with E-state index in [4.69, 9.17) is 11.6 Å². The normalized spacial score (nSPS) is 14.3. The Hall–Kier alpha value is -2.34. The van der Waals surface area contributed by atoms with Crippen molar-refractivity contribution in [1.82, 2.24) is 24.6 Å². The van der Waals surface area contributed by atoms with Crippen LogP contribution in [0.4, 0.5) is 0 Å². The van der Waals surface area contributed by atoms with Crippen molar-refractivity contribution in [1.29, 1.82) is 0 Å². The summed E-state index contributed by atoms with van der Waals surface area (Å²) in [6.07, 6.45) is 4.44. The molecule has 0 fully saturated rings. The minimum absolute atomic E-state index is 0.199. The van der Waals surface area contributed by atoms with Gasteiger partial charge in [0.15, 0.2) is 5.82 Å². The monoisotopic (exact) mass is 357 g/mol. The zero-order valence-corrected chi connectivity index (χ0v) is 14.9. The highest BCUT2D eigenvalue weighted by molar-refractivity contribution is 6.38. The summed E-state index contributed by atoms with van der Waals surface area (Å²) in [5.74, 6) is 1.62. The van der Waals surface area contributed by atoms with E-state index in [1.54, 1.807) is 0 Å². The zero-order chi connectivity index (χ0) is 17.4. The molecule has 25 heavy (non-hydrogen) atoms. The number of fused-ring (bicyclic) bond motifs is 2. The first-order valence-corrected chi connectivity index (χ1v) is 8.96. The number of para-hydroxylation sites is 1. The summed E-state index contributed by atoms with van der Waals surface area (Å²) in [6.45, 7) is 1.27. The van der Waals surface area contributed by atoms with Crippen LogP contribution < -0.4 is 5.32 Å². The van der Waals surface area contributed by atoms with Crippen LogP contribution in [0.25, 0.3) is 10.9 Å². The molecule has 1 N–H and O–H groups in total. The predicted octanol–water partition coefficient (Wildman–Crippen LogP) is 3.08. The van der Waals surface area contributed by atoms with Gasteiger partial charge >= 0.3 is 0 Å². The molecule has 130 valence electrons. The molecule has 1 amide bonds. The Kier molecular flexibility index (Phi) is 4.21. The maximum absolute atomic E-state index is 12.7. The number of benzene rings is 1. The lowest BCUT2D eigenvalue weighted by Gasteiger charge is -2.09. The van der Waals surface area contributed by atoms with Crippen molar-refractivity contribution < 1.29 is 4.79 Å². The molecular formula is C18H20ClN5O. The maximum atomic E-state index is 12.7. The number of nitrogens with one attached hydrogen (secondary N) is 1. The summed E-state index contributed by atoms with van der Waals surface area (Å²) in [5, 5.41) is 12.8. The zero-order valence-electron chi connectivity index (χ0n) is 14.1. The van der Waals surface area contributed by atoms with E-state index in [2.05, 4.69) is 20.1 Å². The largest absolute Gasteiger partial charge is 0.343 e. The first-order chi connectivity index (χ1) is 12.2. The van der Waals surface area contributed by atoms with E-state index < -0.39 is 0 Å². The molecule has 2 aromatic heterocycles. The third-order valence-electron chi connectivity index (χ3n) is 4.85. The van der Waals surface area contributed by atoms with E-state index in [-0.39, 0.29) is 5.91 Å². The topological polar surface area (TPSA) is 64.7 Å². The molecule has 4 rings (SSSR count). The fourth-order valence-corrected chi connectivity index (χ4v) is 3.89.